The Morgan fingerprint density at radius 1 is 0.972 bits per heavy atom. The number of rotatable bonds is 5. The third kappa shape index (κ3) is 3.42. The van der Waals surface area contributed by atoms with Crippen LogP contribution in [0.2, 0.25) is 0 Å². The first-order valence-corrected chi connectivity index (χ1v) is 11.7. The molecule has 3 aliphatic rings. The molecule has 3 aromatic carbocycles. The van der Waals surface area contributed by atoms with E-state index >= 15 is 0 Å². The van der Waals surface area contributed by atoms with E-state index in [4.69, 9.17) is 29.4 Å². The van der Waals surface area contributed by atoms with Gasteiger partial charge in [0, 0.05) is 23.2 Å². The number of carbonyl (C=O) groups is 1. The zero-order valence-electron chi connectivity index (χ0n) is 19.8. The molecule has 3 aromatic rings. The van der Waals surface area contributed by atoms with Crippen LogP contribution in [0.5, 0.6) is 28.7 Å². The van der Waals surface area contributed by atoms with Crippen LogP contribution in [0.1, 0.15) is 28.7 Å². The van der Waals surface area contributed by atoms with Crippen LogP contribution < -0.4 is 30.0 Å². The largest absolute Gasteiger partial charge is 0.502 e. The third-order valence-electron chi connectivity index (χ3n) is 7.26. The fraction of sp³-hybridized carbons (Fsp3) is 0.296. The Labute approximate surface area is 207 Å². The molecule has 0 amide bonds. The number of nitrogens with two attached hydrogens (primary N) is 1. The number of nitrogens with one attached hydrogen (secondary N) is 1. The smallest absolute Gasteiger partial charge is 0.310 e. The summed E-state index contributed by atoms with van der Waals surface area (Å²) < 4.78 is 27.9. The molecule has 36 heavy (non-hydrogen) atoms. The number of ether oxygens (including phenoxy) is 5. The molecule has 2 aliphatic heterocycles. The van der Waals surface area contributed by atoms with E-state index in [9.17, 15) is 9.90 Å². The third-order valence-corrected chi connectivity index (χ3v) is 7.26. The first kappa shape index (κ1) is 22.2. The Morgan fingerprint density at radius 3 is 2.33 bits per heavy atom. The topological polar surface area (TPSA) is 122 Å². The molecule has 0 radical (unpaired) electrons. The maximum atomic E-state index is 13.2. The quantitative estimate of drug-likeness (QED) is 0.362. The molecule has 0 spiro atoms. The van der Waals surface area contributed by atoms with Gasteiger partial charge in [-0.05, 0) is 59.2 Å². The molecule has 4 atom stereocenters. The van der Waals surface area contributed by atoms with E-state index in [2.05, 4.69) is 5.32 Å². The van der Waals surface area contributed by atoms with Crippen LogP contribution in [0.3, 0.4) is 0 Å². The predicted octanol–water partition coefficient (Wildman–Crippen LogP) is 3.81. The number of phenolic OH excluding ortho intramolecular Hbond substituents is 1. The summed E-state index contributed by atoms with van der Waals surface area (Å²) in [7, 11) is 2.95. The van der Waals surface area contributed by atoms with Crippen molar-refractivity contribution in [3.63, 3.8) is 0 Å². The second-order valence-electron chi connectivity index (χ2n) is 9.15. The molecule has 0 saturated carbocycles. The number of benzene rings is 3. The van der Waals surface area contributed by atoms with Gasteiger partial charge >= 0.3 is 5.97 Å². The first-order chi connectivity index (χ1) is 17.5. The van der Waals surface area contributed by atoms with Gasteiger partial charge in [-0.25, -0.2) is 0 Å². The van der Waals surface area contributed by atoms with Gasteiger partial charge in [0.2, 0.25) is 12.5 Å². The molecule has 0 bridgehead atoms. The van der Waals surface area contributed by atoms with Crippen LogP contribution in [0.15, 0.2) is 48.5 Å². The van der Waals surface area contributed by atoms with Gasteiger partial charge in [-0.15, -0.1) is 0 Å². The number of cyclic esters (lactones) is 1. The normalized spacial score (nSPS) is 23.4. The molecular formula is C27H26N2O7. The van der Waals surface area contributed by atoms with Crippen LogP contribution in [0, 0.1) is 11.8 Å². The number of methoxy groups -OCH3 is 2. The minimum Gasteiger partial charge on any atom is -0.502 e. The minimum absolute atomic E-state index is 0.0998. The van der Waals surface area contributed by atoms with Gasteiger partial charge in [-0.1, -0.05) is 6.07 Å². The second-order valence-corrected chi connectivity index (χ2v) is 9.15. The number of aromatic hydroxyl groups is 1. The van der Waals surface area contributed by atoms with E-state index in [1.807, 2.05) is 36.4 Å². The van der Waals surface area contributed by atoms with Crippen LogP contribution >= 0.6 is 0 Å². The Balaban J connectivity index is 1.55. The molecule has 0 aromatic heterocycles. The standard InChI is InChI=1S/C27H26N2O7/c1-32-21-6-13(7-22(33-2)26(21)30)23-16-9-19-20(36-12-35-19)10-17(16)25(18-11-34-27(31)24(18)23)29-15-5-3-4-14(28)8-15/h3-10,18,23-25,29-30H,11-12,28H2,1-2H3/t18-,23+,24-,25+/m0/s1. The number of phenols is 1. The highest BCUT2D eigenvalue weighted by Gasteiger charge is 2.52. The average Bonchev–Trinajstić information content (AvgIpc) is 3.49. The van der Waals surface area contributed by atoms with Crippen molar-refractivity contribution < 1.29 is 33.6 Å². The highest BCUT2D eigenvalue weighted by molar-refractivity contribution is 5.79. The molecule has 2 heterocycles. The van der Waals surface area contributed by atoms with Crippen LogP contribution in [-0.4, -0.2) is 38.7 Å². The number of esters is 1. The van der Waals surface area contributed by atoms with Crippen LogP contribution in [0.25, 0.3) is 0 Å². The van der Waals surface area contributed by atoms with E-state index in [-0.39, 0.29) is 48.6 Å². The van der Waals surface area contributed by atoms with Crippen molar-refractivity contribution in [1.29, 1.82) is 0 Å². The van der Waals surface area contributed by atoms with Crippen LogP contribution in [0.4, 0.5) is 11.4 Å². The lowest BCUT2D eigenvalue weighted by molar-refractivity contribution is -0.141. The Morgan fingerprint density at radius 2 is 1.67 bits per heavy atom. The maximum absolute atomic E-state index is 13.2. The van der Waals surface area contributed by atoms with Gasteiger partial charge in [0.05, 0.1) is 32.8 Å². The van der Waals surface area contributed by atoms with Gasteiger partial charge in [0.15, 0.2) is 23.0 Å². The van der Waals surface area contributed by atoms with Gasteiger partial charge in [0.1, 0.15) is 0 Å². The Hall–Kier alpha value is -4.27. The number of fused-ring (bicyclic) bond motifs is 3. The van der Waals surface area contributed by atoms with Crippen molar-refractivity contribution in [3.05, 3.63) is 65.2 Å². The average molecular weight is 491 g/mol. The molecule has 6 rings (SSSR count). The molecule has 1 fully saturated rings. The summed E-state index contributed by atoms with van der Waals surface area (Å²) in [5, 5.41) is 14.1. The minimum atomic E-state index is -0.490. The fourth-order valence-corrected chi connectivity index (χ4v) is 5.65. The molecule has 1 saturated heterocycles. The molecule has 9 heteroatoms. The second kappa shape index (κ2) is 8.44. The number of anilines is 2. The maximum Gasteiger partial charge on any atom is 0.310 e. The lowest BCUT2D eigenvalue weighted by Crippen LogP contribution is -2.37. The van der Waals surface area contributed by atoms with E-state index in [1.165, 1.54) is 14.2 Å². The number of hydrogen-bond acceptors (Lipinski definition) is 9. The molecule has 1 aliphatic carbocycles. The summed E-state index contributed by atoms with van der Waals surface area (Å²) in [5.41, 5.74) is 10.1. The summed E-state index contributed by atoms with van der Waals surface area (Å²) in [6.07, 6.45) is 0. The predicted molar refractivity (Wildman–Crippen MR) is 131 cm³/mol. The van der Waals surface area contributed by atoms with Crippen molar-refractivity contribution in [2.45, 2.75) is 12.0 Å². The summed E-state index contributed by atoms with van der Waals surface area (Å²) in [6, 6.07) is 14.7. The van der Waals surface area contributed by atoms with Crippen molar-refractivity contribution in [2.24, 2.45) is 11.8 Å². The van der Waals surface area contributed by atoms with Gasteiger partial charge in [-0.3, -0.25) is 4.79 Å². The van der Waals surface area contributed by atoms with E-state index in [0.29, 0.717) is 17.2 Å². The number of carbonyl (C=O) groups excluding carboxylic acids is 1. The lowest BCUT2D eigenvalue weighted by Gasteiger charge is -2.40. The molecule has 9 nitrogen and oxygen atoms in total. The summed E-state index contributed by atoms with van der Waals surface area (Å²) >= 11 is 0. The van der Waals surface area contributed by atoms with E-state index in [1.54, 1.807) is 12.1 Å². The molecule has 4 N–H and O–H groups in total. The summed E-state index contributed by atoms with van der Waals surface area (Å²) in [5.74, 6) is 0.343. The highest BCUT2D eigenvalue weighted by atomic mass is 16.7. The summed E-state index contributed by atoms with van der Waals surface area (Å²) in [4.78, 5) is 13.2. The zero-order chi connectivity index (χ0) is 25.0. The Bertz CT molecular complexity index is 1330. The van der Waals surface area contributed by atoms with Gasteiger partial charge in [0.25, 0.3) is 0 Å². The van der Waals surface area contributed by atoms with Crippen molar-refractivity contribution >= 4 is 17.3 Å². The van der Waals surface area contributed by atoms with E-state index in [0.717, 1.165) is 22.4 Å². The van der Waals surface area contributed by atoms with E-state index < -0.39 is 11.8 Å². The highest BCUT2D eigenvalue weighted by Crippen LogP contribution is 2.56. The first-order valence-electron chi connectivity index (χ1n) is 11.7. The van der Waals surface area contributed by atoms with Crippen molar-refractivity contribution in [3.8, 4) is 28.7 Å². The van der Waals surface area contributed by atoms with Gasteiger partial charge < -0.3 is 39.8 Å². The van der Waals surface area contributed by atoms with Crippen LogP contribution in [-0.2, 0) is 9.53 Å². The van der Waals surface area contributed by atoms with Crippen molar-refractivity contribution in [1.82, 2.24) is 0 Å². The molecule has 0 unspecified atom stereocenters. The number of hydrogen-bond donors (Lipinski definition) is 3. The van der Waals surface area contributed by atoms with Gasteiger partial charge in [-0.2, -0.15) is 0 Å². The molecular weight excluding hydrogens is 464 g/mol. The number of nitrogen functional groups attached to an aromatic ring is 1. The van der Waals surface area contributed by atoms with Crippen molar-refractivity contribution in [2.75, 3.05) is 38.7 Å². The zero-order valence-corrected chi connectivity index (χ0v) is 19.8. The monoisotopic (exact) mass is 490 g/mol. The molecule has 186 valence electrons. The summed E-state index contributed by atoms with van der Waals surface area (Å²) in [6.45, 7) is 0.395. The fourth-order valence-electron chi connectivity index (χ4n) is 5.65. The Kier molecular flexibility index (Phi) is 5.21. The SMILES string of the molecule is COc1cc([C@@H]2c3cc4c(cc3[C@@H](Nc3cccc(N)c3)[C@H]3COC(=O)[C@H]23)OCO4)cc(OC)c1O. The lowest BCUT2D eigenvalue weighted by atomic mass is 9.65.